The van der Waals surface area contributed by atoms with Gasteiger partial charge in [-0.1, -0.05) is 35.5 Å². The zero-order valence-electron chi connectivity index (χ0n) is 11.7. The molecule has 2 atom stereocenters. The van der Waals surface area contributed by atoms with E-state index in [0.717, 1.165) is 38.3 Å². The Hall–Kier alpha value is -1.76. The second-order valence-corrected chi connectivity index (χ2v) is 5.66. The lowest BCUT2D eigenvalue weighted by atomic mass is 10.1. The van der Waals surface area contributed by atoms with E-state index in [9.17, 15) is 5.11 Å². The summed E-state index contributed by atoms with van der Waals surface area (Å²) in [7, 11) is 0. The molecule has 21 heavy (non-hydrogen) atoms. The summed E-state index contributed by atoms with van der Waals surface area (Å²) in [5.41, 5.74) is 0.766. The molecule has 6 nitrogen and oxygen atoms in total. The summed E-state index contributed by atoms with van der Waals surface area (Å²) in [5, 5.41) is 14.4. The fraction of sp³-hybridized carbons (Fsp3) is 0.467. The van der Waals surface area contributed by atoms with E-state index in [2.05, 4.69) is 19.9 Å². The van der Waals surface area contributed by atoms with Crippen molar-refractivity contribution in [1.82, 2.24) is 19.9 Å². The Kier molecular flexibility index (Phi) is 3.21. The first-order chi connectivity index (χ1) is 10.3. The SMILES string of the molecule is OC(c1ccccc1)c1nc(C2CN3CCN2CC3)no1. The molecule has 0 radical (unpaired) electrons. The highest BCUT2D eigenvalue weighted by atomic mass is 16.5. The second-order valence-electron chi connectivity index (χ2n) is 5.66. The van der Waals surface area contributed by atoms with Crippen LogP contribution in [0, 0.1) is 0 Å². The number of aromatic nitrogens is 2. The molecule has 0 saturated carbocycles. The van der Waals surface area contributed by atoms with Gasteiger partial charge in [-0.2, -0.15) is 4.98 Å². The molecular weight excluding hydrogens is 268 g/mol. The summed E-state index contributed by atoms with van der Waals surface area (Å²) in [6.45, 7) is 5.29. The Morgan fingerprint density at radius 1 is 1.14 bits per heavy atom. The molecule has 3 aliphatic rings. The quantitative estimate of drug-likeness (QED) is 0.901. The molecule has 3 saturated heterocycles. The molecule has 2 bridgehead atoms. The van der Waals surface area contributed by atoms with E-state index in [1.807, 2.05) is 30.3 Å². The van der Waals surface area contributed by atoms with Crippen LogP contribution in [-0.2, 0) is 0 Å². The van der Waals surface area contributed by atoms with Gasteiger partial charge in [-0.3, -0.25) is 9.80 Å². The maximum absolute atomic E-state index is 10.3. The van der Waals surface area contributed by atoms with Gasteiger partial charge in [0.25, 0.3) is 5.89 Å². The van der Waals surface area contributed by atoms with Crippen molar-refractivity contribution in [3.05, 3.63) is 47.6 Å². The van der Waals surface area contributed by atoms with Gasteiger partial charge in [-0.05, 0) is 5.56 Å². The summed E-state index contributed by atoms with van der Waals surface area (Å²) in [5.74, 6) is 0.957. The van der Waals surface area contributed by atoms with Crippen molar-refractivity contribution in [3.63, 3.8) is 0 Å². The van der Waals surface area contributed by atoms with Gasteiger partial charge in [0, 0.05) is 32.7 Å². The summed E-state index contributed by atoms with van der Waals surface area (Å²) in [4.78, 5) is 9.25. The Balaban J connectivity index is 1.56. The number of piperazine rings is 3. The van der Waals surface area contributed by atoms with Gasteiger partial charge in [0.15, 0.2) is 11.9 Å². The largest absolute Gasteiger partial charge is 0.378 e. The van der Waals surface area contributed by atoms with Crippen LogP contribution in [0.5, 0.6) is 0 Å². The van der Waals surface area contributed by atoms with E-state index in [-0.39, 0.29) is 11.9 Å². The average Bonchev–Trinajstić information content (AvgIpc) is 3.06. The summed E-state index contributed by atoms with van der Waals surface area (Å²) in [6, 6.07) is 9.58. The van der Waals surface area contributed by atoms with E-state index in [1.165, 1.54) is 0 Å². The third-order valence-corrected chi connectivity index (χ3v) is 4.38. The minimum absolute atomic E-state index is 0.188. The molecule has 6 heteroatoms. The van der Waals surface area contributed by atoms with Crippen molar-refractivity contribution in [2.75, 3.05) is 32.7 Å². The fourth-order valence-electron chi connectivity index (χ4n) is 3.13. The predicted octanol–water partition coefficient (Wildman–Crippen LogP) is 0.824. The van der Waals surface area contributed by atoms with Crippen molar-refractivity contribution in [3.8, 4) is 0 Å². The molecule has 5 rings (SSSR count). The highest BCUT2D eigenvalue weighted by Crippen LogP contribution is 2.28. The minimum Gasteiger partial charge on any atom is -0.378 e. The maximum atomic E-state index is 10.3. The van der Waals surface area contributed by atoms with E-state index in [0.29, 0.717) is 5.82 Å². The number of benzene rings is 1. The third kappa shape index (κ3) is 2.35. The Morgan fingerprint density at radius 3 is 2.57 bits per heavy atom. The normalized spacial score (nSPS) is 29.5. The van der Waals surface area contributed by atoms with E-state index in [4.69, 9.17) is 4.52 Å². The van der Waals surface area contributed by atoms with Crippen LogP contribution in [-0.4, -0.2) is 57.8 Å². The number of hydrogen-bond donors (Lipinski definition) is 1. The van der Waals surface area contributed by atoms with Crippen molar-refractivity contribution in [2.45, 2.75) is 12.1 Å². The van der Waals surface area contributed by atoms with Gasteiger partial charge in [0.05, 0.1) is 6.04 Å². The average molecular weight is 286 g/mol. The standard InChI is InChI=1S/C15H18N4O2/c20-13(11-4-2-1-3-5-11)15-16-14(17-21-15)12-10-18-6-8-19(12)9-7-18/h1-5,12-13,20H,6-10H2. The first-order valence-corrected chi connectivity index (χ1v) is 7.34. The van der Waals surface area contributed by atoms with Crippen molar-refractivity contribution >= 4 is 0 Å². The van der Waals surface area contributed by atoms with E-state index in [1.54, 1.807) is 0 Å². The van der Waals surface area contributed by atoms with Crippen molar-refractivity contribution in [1.29, 1.82) is 0 Å². The molecule has 0 aliphatic carbocycles. The molecule has 3 aliphatic heterocycles. The summed E-state index contributed by atoms with van der Waals surface area (Å²) >= 11 is 0. The molecule has 110 valence electrons. The number of aliphatic hydroxyl groups excluding tert-OH is 1. The molecular formula is C15H18N4O2. The van der Waals surface area contributed by atoms with Crippen molar-refractivity contribution in [2.24, 2.45) is 0 Å². The van der Waals surface area contributed by atoms with Gasteiger partial charge in [-0.25, -0.2) is 0 Å². The summed E-state index contributed by atoms with van der Waals surface area (Å²) in [6.07, 6.45) is -0.858. The first-order valence-electron chi connectivity index (χ1n) is 7.34. The zero-order chi connectivity index (χ0) is 14.2. The van der Waals surface area contributed by atoms with Gasteiger partial charge in [-0.15, -0.1) is 0 Å². The van der Waals surface area contributed by atoms with E-state index < -0.39 is 6.10 Å². The molecule has 0 spiro atoms. The van der Waals surface area contributed by atoms with Crippen LogP contribution >= 0.6 is 0 Å². The molecule has 0 amide bonds. The van der Waals surface area contributed by atoms with Crippen LogP contribution < -0.4 is 0 Å². The highest BCUT2D eigenvalue weighted by Gasteiger charge is 2.36. The Bertz CT molecular complexity index is 607. The van der Waals surface area contributed by atoms with Gasteiger partial charge in [0.1, 0.15) is 0 Å². The number of hydrogen-bond acceptors (Lipinski definition) is 6. The fourth-order valence-corrected chi connectivity index (χ4v) is 3.13. The molecule has 3 fully saturated rings. The number of fused-ring (bicyclic) bond motifs is 3. The molecule has 2 aromatic rings. The van der Waals surface area contributed by atoms with Gasteiger partial charge >= 0.3 is 0 Å². The van der Waals surface area contributed by atoms with Gasteiger partial charge < -0.3 is 9.63 Å². The lowest BCUT2D eigenvalue weighted by Gasteiger charge is -2.46. The van der Waals surface area contributed by atoms with Crippen LogP contribution in [0.4, 0.5) is 0 Å². The van der Waals surface area contributed by atoms with Crippen LogP contribution in [0.1, 0.15) is 29.4 Å². The Morgan fingerprint density at radius 2 is 1.90 bits per heavy atom. The highest BCUT2D eigenvalue weighted by molar-refractivity contribution is 5.21. The Labute approximate surface area is 123 Å². The second kappa shape index (κ2) is 5.22. The number of nitrogens with zero attached hydrogens (tertiary/aromatic N) is 4. The minimum atomic E-state index is -0.858. The first kappa shape index (κ1) is 12.9. The topological polar surface area (TPSA) is 65.6 Å². The smallest absolute Gasteiger partial charge is 0.260 e. The lowest BCUT2D eigenvalue weighted by molar-refractivity contribution is 0.00780. The summed E-state index contributed by atoms with van der Waals surface area (Å²) < 4.78 is 5.29. The van der Waals surface area contributed by atoms with E-state index >= 15 is 0 Å². The number of rotatable bonds is 3. The predicted molar refractivity (Wildman–Crippen MR) is 75.6 cm³/mol. The third-order valence-electron chi connectivity index (χ3n) is 4.38. The molecule has 2 unspecified atom stereocenters. The molecule has 1 aromatic heterocycles. The number of aliphatic hydroxyl groups is 1. The van der Waals surface area contributed by atoms with Crippen molar-refractivity contribution < 1.29 is 9.63 Å². The maximum Gasteiger partial charge on any atom is 0.260 e. The molecule has 4 heterocycles. The van der Waals surface area contributed by atoms with Crippen LogP contribution in [0.15, 0.2) is 34.9 Å². The van der Waals surface area contributed by atoms with Gasteiger partial charge in [0.2, 0.25) is 0 Å². The zero-order valence-corrected chi connectivity index (χ0v) is 11.7. The molecule has 1 aromatic carbocycles. The lowest BCUT2D eigenvalue weighted by Crippen LogP contribution is -2.57. The van der Waals surface area contributed by atoms with Crippen LogP contribution in [0.25, 0.3) is 0 Å². The molecule has 1 N–H and O–H groups in total. The van der Waals surface area contributed by atoms with Crippen LogP contribution in [0.2, 0.25) is 0 Å². The van der Waals surface area contributed by atoms with Crippen LogP contribution in [0.3, 0.4) is 0 Å². The monoisotopic (exact) mass is 286 g/mol.